The molecule has 0 unspecified atom stereocenters. The van der Waals surface area contributed by atoms with Crippen molar-refractivity contribution in [2.45, 2.75) is 0 Å². The van der Waals surface area contributed by atoms with Crippen molar-refractivity contribution < 1.29 is 18.7 Å². The SMILES string of the molecule is COc1cccc(/C=C/C(=O)Nc2ccc(N3CCN(C(=O)c4ccco4)CC3)nc2)c1. The lowest BCUT2D eigenvalue weighted by atomic mass is 10.2. The van der Waals surface area contributed by atoms with Gasteiger partial charge in [-0.15, -0.1) is 0 Å². The van der Waals surface area contributed by atoms with Gasteiger partial charge in [-0.25, -0.2) is 4.98 Å². The Balaban J connectivity index is 1.29. The minimum atomic E-state index is -0.243. The Morgan fingerprint density at radius 3 is 2.62 bits per heavy atom. The molecule has 1 aromatic carbocycles. The minimum absolute atomic E-state index is 0.0947. The zero-order valence-corrected chi connectivity index (χ0v) is 17.7. The largest absolute Gasteiger partial charge is 0.497 e. The van der Waals surface area contributed by atoms with Gasteiger partial charge >= 0.3 is 0 Å². The molecular formula is C24H24N4O4. The molecule has 164 valence electrons. The fourth-order valence-electron chi connectivity index (χ4n) is 3.44. The summed E-state index contributed by atoms with van der Waals surface area (Å²) in [6, 6.07) is 14.5. The Bertz CT molecular complexity index is 1090. The number of nitrogens with zero attached hydrogens (tertiary/aromatic N) is 3. The van der Waals surface area contributed by atoms with Gasteiger partial charge in [0.1, 0.15) is 11.6 Å². The first kappa shape index (κ1) is 21.2. The summed E-state index contributed by atoms with van der Waals surface area (Å²) in [5.74, 6) is 1.56. The van der Waals surface area contributed by atoms with E-state index in [-0.39, 0.29) is 11.8 Å². The molecule has 2 aromatic heterocycles. The summed E-state index contributed by atoms with van der Waals surface area (Å²) in [6.07, 6.45) is 6.33. The van der Waals surface area contributed by atoms with Crippen molar-refractivity contribution in [1.29, 1.82) is 0 Å². The number of nitrogens with one attached hydrogen (secondary N) is 1. The van der Waals surface area contributed by atoms with Gasteiger partial charge in [-0.1, -0.05) is 12.1 Å². The predicted octanol–water partition coefficient (Wildman–Crippen LogP) is 3.30. The molecule has 8 heteroatoms. The number of ether oxygens (including phenoxy) is 1. The van der Waals surface area contributed by atoms with Crippen molar-refractivity contribution in [3.8, 4) is 5.75 Å². The number of amides is 2. The van der Waals surface area contributed by atoms with Crippen molar-refractivity contribution in [3.05, 3.63) is 78.4 Å². The summed E-state index contributed by atoms with van der Waals surface area (Å²) in [4.78, 5) is 32.9. The van der Waals surface area contributed by atoms with Crippen LogP contribution in [-0.4, -0.2) is 55.0 Å². The van der Waals surface area contributed by atoms with Gasteiger partial charge in [0.2, 0.25) is 5.91 Å². The van der Waals surface area contributed by atoms with E-state index < -0.39 is 0 Å². The molecule has 3 aromatic rings. The predicted molar refractivity (Wildman–Crippen MR) is 122 cm³/mol. The number of methoxy groups -OCH3 is 1. The molecule has 0 spiro atoms. The molecule has 0 radical (unpaired) electrons. The molecule has 1 saturated heterocycles. The fraction of sp³-hybridized carbons (Fsp3) is 0.208. The second kappa shape index (κ2) is 9.82. The van der Waals surface area contributed by atoms with Crippen LogP contribution in [0.3, 0.4) is 0 Å². The molecule has 0 bridgehead atoms. The first-order valence-electron chi connectivity index (χ1n) is 10.3. The molecule has 32 heavy (non-hydrogen) atoms. The van der Waals surface area contributed by atoms with Gasteiger partial charge in [0.15, 0.2) is 5.76 Å². The minimum Gasteiger partial charge on any atom is -0.497 e. The van der Waals surface area contributed by atoms with Crippen molar-refractivity contribution in [3.63, 3.8) is 0 Å². The van der Waals surface area contributed by atoms with E-state index in [9.17, 15) is 9.59 Å². The van der Waals surface area contributed by atoms with Crippen molar-refractivity contribution in [1.82, 2.24) is 9.88 Å². The van der Waals surface area contributed by atoms with E-state index in [0.29, 0.717) is 37.6 Å². The summed E-state index contributed by atoms with van der Waals surface area (Å²) in [5, 5.41) is 2.81. The van der Waals surface area contributed by atoms with E-state index in [4.69, 9.17) is 9.15 Å². The maximum atomic E-state index is 12.4. The quantitative estimate of drug-likeness (QED) is 0.602. The first-order chi connectivity index (χ1) is 15.6. The molecule has 2 amide bonds. The lowest BCUT2D eigenvalue weighted by Crippen LogP contribution is -2.49. The van der Waals surface area contributed by atoms with Gasteiger partial charge in [0.25, 0.3) is 5.91 Å². The van der Waals surface area contributed by atoms with E-state index in [2.05, 4.69) is 15.2 Å². The molecule has 1 aliphatic rings. The molecule has 4 rings (SSSR count). The van der Waals surface area contributed by atoms with E-state index in [0.717, 1.165) is 17.1 Å². The molecule has 1 aliphatic heterocycles. The number of hydrogen-bond acceptors (Lipinski definition) is 6. The Labute approximate surface area is 186 Å². The summed E-state index contributed by atoms with van der Waals surface area (Å²) < 4.78 is 10.4. The van der Waals surface area contributed by atoms with Gasteiger partial charge in [0.05, 0.1) is 25.3 Å². The van der Waals surface area contributed by atoms with Gasteiger partial charge in [-0.2, -0.15) is 0 Å². The van der Waals surface area contributed by atoms with Gasteiger partial charge < -0.3 is 24.3 Å². The van der Waals surface area contributed by atoms with Crippen molar-refractivity contribution in [2.75, 3.05) is 43.5 Å². The van der Waals surface area contributed by atoms with Crippen LogP contribution in [0.1, 0.15) is 16.1 Å². The second-order valence-corrected chi connectivity index (χ2v) is 7.26. The normalized spacial score (nSPS) is 13.9. The number of pyridine rings is 1. The van der Waals surface area contributed by atoms with Crippen LogP contribution in [0.15, 0.2) is 71.5 Å². The second-order valence-electron chi connectivity index (χ2n) is 7.26. The zero-order chi connectivity index (χ0) is 22.3. The summed E-state index contributed by atoms with van der Waals surface area (Å²) >= 11 is 0. The Hall–Kier alpha value is -4.07. The molecule has 0 atom stereocenters. The van der Waals surface area contributed by atoms with Crippen LogP contribution >= 0.6 is 0 Å². The summed E-state index contributed by atoms with van der Waals surface area (Å²) in [5.41, 5.74) is 1.48. The number of furan rings is 1. The zero-order valence-electron chi connectivity index (χ0n) is 17.7. The van der Waals surface area contributed by atoms with E-state index in [1.54, 1.807) is 36.4 Å². The van der Waals surface area contributed by atoms with Crippen LogP contribution in [0.2, 0.25) is 0 Å². The average Bonchev–Trinajstić information content (AvgIpc) is 3.38. The molecule has 1 N–H and O–H groups in total. The van der Waals surface area contributed by atoms with Crippen molar-refractivity contribution in [2.24, 2.45) is 0 Å². The highest BCUT2D eigenvalue weighted by Gasteiger charge is 2.24. The van der Waals surface area contributed by atoms with E-state index in [1.165, 1.54) is 12.3 Å². The number of rotatable bonds is 6. The Kier molecular flexibility index (Phi) is 6.50. The maximum Gasteiger partial charge on any atom is 0.289 e. The van der Waals surface area contributed by atoms with Crippen LogP contribution in [-0.2, 0) is 4.79 Å². The molecule has 3 heterocycles. The molecule has 0 saturated carbocycles. The van der Waals surface area contributed by atoms with Crippen LogP contribution in [0.25, 0.3) is 6.08 Å². The van der Waals surface area contributed by atoms with E-state index in [1.807, 2.05) is 36.4 Å². The third-order valence-electron chi connectivity index (χ3n) is 5.16. The van der Waals surface area contributed by atoms with E-state index >= 15 is 0 Å². The first-order valence-corrected chi connectivity index (χ1v) is 10.3. The third-order valence-corrected chi connectivity index (χ3v) is 5.16. The standard InChI is InChI=1S/C24H24N4O4/c1-31-20-5-2-4-18(16-20)7-10-23(29)26-19-8-9-22(25-17-19)27-11-13-28(14-12-27)24(30)21-6-3-15-32-21/h2-10,15-17H,11-14H2,1H3,(H,26,29)/b10-7+. The van der Waals surface area contributed by atoms with Crippen LogP contribution in [0.4, 0.5) is 11.5 Å². The molecule has 8 nitrogen and oxygen atoms in total. The molecule has 1 fully saturated rings. The van der Waals surface area contributed by atoms with Crippen molar-refractivity contribution >= 4 is 29.4 Å². The van der Waals surface area contributed by atoms with Crippen LogP contribution < -0.4 is 15.0 Å². The number of aromatic nitrogens is 1. The monoisotopic (exact) mass is 432 g/mol. The van der Waals surface area contributed by atoms with Crippen LogP contribution in [0.5, 0.6) is 5.75 Å². The van der Waals surface area contributed by atoms with Gasteiger partial charge in [0, 0.05) is 32.3 Å². The summed E-state index contributed by atoms with van der Waals surface area (Å²) in [6.45, 7) is 2.53. The third kappa shape index (κ3) is 5.15. The number of piperazine rings is 1. The number of carbonyl (C=O) groups excluding carboxylic acids is 2. The highest BCUT2D eigenvalue weighted by molar-refractivity contribution is 6.01. The highest BCUT2D eigenvalue weighted by Crippen LogP contribution is 2.18. The average molecular weight is 432 g/mol. The van der Waals surface area contributed by atoms with Gasteiger partial charge in [-0.3, -0.25) is 9.59 Å². The smallest absolute Gasteiger partial charge is 0.289 e. The van der Waals surface area contributed by atoms with Gasteiger partial charge in [-0.05, 0) is 48.0 Å². The molecule has 0 aliphatic carbocycles. The Morgan fingerprint density at radius 1 is 1.09 bits per heavy atom. The fourth-order valence-corrected chi connectivity index (χ4v) is 3.44. The topological polar surface area (TPSA) is 87.9 Å². The molecular weight excluding hydrogens is 408 g/mol. The van der Waals surface area contributed by atoms with Crippen LogP contribution in [0, 0.1) is 0 Å². The number of benzene rings is 1. The number of hydrogen-bond donors (Lipinski definition) is 1. The number of carbonyl (C=O) groups is 2. The highest BCUT2D eigenvalue weighted by atomic mass is 16.5. The lowest BCUT2D eigenvalue weighted by molar-refractivity contribution is -0.111. The summed E-state index contributed by atoms with van der Waals surface area (Å²) in [7, 11) is 1.60. The maximum absolute atomic E-state index is 12.4. The Morgan fingerprint density at radius 2 is 1.94 bits per heavy atom. The number of anilines is 2. The lowest BCUT2D eigenvalue weighted by Gasteiger charge is -2.35.